The van der Waals surface area contributed by atoms with E-state index in [0.29, 0.717) is 16.7 Å². The molecule has 0 amide bonds. The van der Waals surface area contributed by atoms with Crippen LogP contribution in [0.5, 0.6) is 0 Å². The topological polar surface area (TPSA) is 114 Å². The summed E-state index contributed by atoms with van der Waals surface area (Å²) in [7, 11) is -5.10. The minimum atomic E-state index is -6.08. The summed E-state index contributed by atoms with van der Waals surface area (Å²) in [6.07, 6.45) is -12.2. The first-order valence-electron chi connectivity index (χ1n) is 11.5. The number of benzene rings is 3. The van der Waals surface area contributed by atoms with Crippen LogP contribution in [0.25, 0.3) is 22.1 Å². The zero-order valence-electron chi connectivity index (χ0n) is 20.3. The van der Waals surface area contributed by atoms with E-state index < -0.39 is 61.0 Å². The van der Waals surface area contributed by atoms with Gasteiger partial charge in [0, 0.05) is 0 Å². The number of carboxylic acid groups (broad SMARTS) is 1. The van der Waals surface area contributed by atoms with E-state index in [1.807, 2.05) is 12.1 Å². The van der Waals surface area contributed by atoms with Crippen molar-refractivity contribution in [2.75, 3.05) is 0 Å². The quantitative estimate of drug-likeness (QED) is 0.202. The van der Waals surface area contributed by atoms with Crippen LogP contribution in [0.1, 0.15) is 10.6 Å². The molecule has 0 saturated heterocycles. The van der Waals surface area contributed by atoms with Crippen LogP contribution in [0.4, 0.5) is 26.3 Å². The van der Waals surface area contributed by atoms with E-state index in [9.17, 15) is 44.3 Å². The van der Waals surface area contributed by atoms with Gasteiger partial charge in [-0.1, -0.05) is 0 Å². The van der Waals surface area contributed by atoms with E-state index in [-0.39, 0.29) is 10.3 Å². The average molecular weight is 661 g/mol. The summed E-state index contributed by atoms with van der Waals surface area (Å²) in [6, 6.07) is 16.4. The summed E-state index contributed by atoms with van der Waals surface area (Å²) >= 11 is -1.28. The number of halogens is 6. The second-order valence-corrected chi connectivity index (χ2v) is 13.1. The summed E-state index contributed by atoms with van der Waals surface area (Å²) in [5, 5.41) is 9.80. The molecule has 0 fully saturated rings. The monoisotopic (exact) mass is 661 g/mol. The SMILES string of the molecule is O=C([AsH]c1ccc(-c2ccc(S(=O)(=O)N[C@H](C(=O)O)C(C(F)(F)F)C(F)(F)F)cc2)cc1)c1cc2ccccc2o1. The maximum absolute atomic E-state index is 13.0. The van der Waals surface area contributed by atoms with Gasteiger partial charge in [0.25, 0.3) is 0 Å². The number of rotatable bonds is 9. The second kappa shape index (κ2) is 11.3. The Morgan fingerprint density at radius 1 is 0.829 bits per heavy atom. The molecule has 0 aliphatic heterocycles. The van der Waals surface area contributed by atoms with Gasteiger partial charge in [-0.25, -0.2) is 0 Å². The third-order valence-electron chi connectivity index (χ3n) is 5.88. The Kier molecular flexibility index (Phi) is 8.40. The number of carbonyl (C=O) groups is 2. The average Bonchev–Trinajstić information content (AvgIpc) is 3.32. The van der Waals surface area contributed by atoms with Crippen molar-refractivity contribution in [1.82, 2.24) is 4.72 Å². The number of carboxylic acids is 1. The van der Waals surface area contributed by atoms with E-state index in [2.05, 4.69) is 0 Å². The third kappa shape index (κ3) is 7.00. The Morgan fingerprint density at radius 2 is 1.37 bits per heavy atom. The van der Waals surface area contributed by atoms with Crippen molar-refractivity contribution < 1.29 is 53.9 Å². The Balaban J connectivity index is 1.48. The summed E-state index contributed by atoms with van der Waals surface area (Å²) in [6.45, 7) is 0. The molecule has 7 nitrogen and oxygen atoms in total. The minimum absolute atomic E-state index is 0.131. The number of alkyl halides is 6. The van der Waals surface area contributed by atoms with Gasteiger partial charge in [-0.3, -0.25) is 4.79 Å². The summed E-state index contributed by atoms with van der Waals surface area (Å²) in [5.41, 5.74) is 1.61. The van der Waals surface area contributed by atoms with Gasteiger partial charge in [0.1, 0.15) is 0 Å². The molecule has 41 heavy (non-hydrogen) atoms. The number of sulfonamides is 1. The molecule has 0 saturated carbocycles. The van der Waals surface area contributed by atoms with Crippen LogP contribution < -0.4 is 9.07 Å². The van der Waals surface area contributed by atoms with Crippen molar-refractivity contribution in [2.45, 2.75) is 23.3 Å². The molecule has 3 aromatic carbocycles. The molecule has 216 valence electrons. The van der Waals surface area contributed by atoms with Crippen LogP contribution in [0.15, 0.2) is 88.2 Å². The van der Waals surface area contributed by atoms with E-state index >= 15 is 0 Å². The zero-order chi connectivity index (χ0) is 30.2. The number of aliphatic carboxylic acids is 1. The van der Waals surface area contributed by atoms with Gasteiger partial charge in [0.05, 0.1) is 0 Å². The van der Waals surface area contributed by atoms with Crippen molar-refractivity contribution in [3.63, 3.8) is 0 Å². The number of nitrogens with one attached hydrogen (secondary N) is 1. The summed E-state index contributed by atoms with van der Waals surface area (Å²) in [4.78, 5) is 23.2. The predicted octanol–water partition coefficient (Wildman–Crippen LogP) is 4.47. The molecular weight excluding hydrogens is 643 g/mol. The van der Waals surface area contributed by atoms with Crippen molar-refractivity contribution in [2.24, 2.45) is 5.92 Å². The number of hydrogen-bond acceptors (Lipinski definition) is 5. The second-order valence-electron chi connectivity index (χ2n) is 8.70. The van der Waals surface area contributed by atoms with Gasteiger partial charge in [0.2, 0.25) is 0 Å². The molecule has 4 rings (SSSR count). The van der Waals surface area contributed by atoms with Crippen LogP contribution >= 0.6 is 0 Å². The summed E-state index contributed by atoms with van der Waals surface area (Å²) < 4.78 is 111. The normalized spacial score (nSPS) is 13.7. The fourth-order valence-electron chi connectivity index (χ4n) is 3.92. The predicted molar refractivity (Wildman–Crippen MR) is 137 cm³/mol. The number of para-hydroxylation sites is 1. The molecule has 0 aliphatic carbocycles. The fraction of sp³-hybridized carbons (Fsp3) is 0.154. The number of carbonyl (C=O) groups excluding carboxylic acids is 1. The maximum atomic E-state index is 13.0. The van der Waals surface area contributed by atoms with Crippen LogP contribution in [-0.4, -0.2) is 58.2 Å². The van der Waals surface area contributed by atoms with Crippen molar-refractivity contribution in [3.05, 3.63) is 84.6 Å². The van der Waals surface area contributed by atoms with Gasteiger partial charge in [-0.2, -0.15) is 26.3 Å². The molecule has 4 aromatic rings. The molecule has 1 unspecified atom stereocenters. The van der Waals surface area contributed by atoms with E-state index in [1.165, 1.54) is 12.1 Å². The van der Waals surface area contributed by atoms with Crippen LogP contribution in [-0.2, 0) is 14.8 Å². The van der Waals surface area contributed by atoms with Gasteiger partial charge in [-0.05, 0) is 0 Å². The van der Waals surface area contributed by atoms with Crippen molar-refractivity contribution in [3.8, 4) is 11.1 Å². The Bertz CT molecular complexity index is 1640. The number of furan rings is 1. The molecule has 0 spiro atoms. The molecule has 2 N–H and O–H groups in total. The van der Waals surface area contributed by atoms with Crippen LogP contribution in [0, 0.1) is 5.92 Å². The standard InChI is InChI=1S/C26H18AsF6NO6S/c28-25(29,30)22(26(31,32)33)21(24(36)37)34-41(38,39)18-11-7-15(8-12-18)14-5-9-17(10-6-14)27-23(35)20-13-16-3-1-2-4-19(16)40-20/h1-13,21-22,27,34H,(H,36,37)/t21-/m0/s1. The zero-order valence-corrected chi connectivity index (χ0v) is 23.2. The van der Waals surface area contributed by atoms with E-state index in [1.54, 1.807) is 42.5 Å². The summed E-state index contributed by atoms with van der Waals surface area (Å²) in [5.74, 6) is -6.86. The first kappa shape index (κ1) is 30.3. The Hall–Kier alpha value is -3.61. The first-order chi connectivity index (χ1) is 19.1. The fourth-order valence-corrected chi connectivity index (χ4v) is 6.89. The van der Waals surface area contributed by atoms with E-state index in [0.717, 1.165) is 26.6 Å². The molecule has 15 heteroatoms. The van der Waals surface area contributed by atoms with Gasteiger partial charge >= 0.3 is 199 Å². The Labute approximate surface area is 234 Å². The number of fused-ring (bicyclic) bond motifs is 1. The Morgan fingerprint density at radius 3 is 1.88 bits per heavy atom. The first-order valence-corrected chi connectivity index (χ1v) is 15.0. The van der Waals surface area contributed by atoms with Crippen LogP contribution in [0.2, 0.25) is 0 Å². The van der Waals surface area contributed by atoms with Gasteiger partial charge in [0.15, 0.2) is 0 Å². The third-order valence-corrected chi connectivity index (χ3v) is 9.63. The van der Waals surface area contributed by atoms with E-state index in [4.69, 9.17) is 9.52 Å². The molecule has 0 radical (unpaired) electrons. The molecule has 0 aliphatic rings. The molecule has 2 atom stereocenters. The van der Waals surface area contributed by atoms with Gasteiger partial charge in [-0.15, -0.1) is 0 Å². The number of hydrogen-bond donors (Lipinski definition) is 2. The van der Waals surface area contributed by atoms with Crippen molar-refractivity contribution in [1.29, 1.82) is 0 Å². The molecular formula is C26H18AsF6NO6S. The van der Waals surface area contributed by atoms with Crippen molar-refractivity contribution >= 4 is 51.6 Å². The molecule has 0 bridgehead atoms. The molecule has 1 aromatic heterocycles. The van der Waals surface area contributed by atoms with Gasteiger partial charge < -0.3 is 5.11 Å². The molecule has 1 heterocycles. The van der Waals surface area contributed by atoms with Crippen LogP contribution in [0.3, 0.4) is 0 Å².